The smallest absolute Gasteiger partial charge is 0.226 e. The summed E-state index contributed by atoms with van der Waals surface area (Å²) in [4.78, 5) is 19.9. The number of ether oxygens (including phenoxy) is 2. The van der Waals surface area contributed by atoms with Crippen LogP contribution in [0.15, 0.2) is 60.9 Å². The molecule has 2 aliphatic rings. The predicted octanol–water partition coefficient (Wildman–Crippen LogP) is 3.00. The van der Waals surface area contributed by atoms with Crippen LogP contribution in [0, 0.1) is 5.92 Å². The van der Waals surface area contributed by atoms with Crippen LogP contribution >= 0.6 is 0 Å². The SMILES string of the molecule is Cn1ccnc1CN(CC1COc2ccccc2O1)C(=O)C1Cc2ccccc2C1. The van der Waals surface area contributed by atoms with E-state index in [1.807, 2.05) is 59.1 Å². The minimum Gasteiger partial charge on any atom is -0.486 e. The summed E-state index contributed by atoms with van der Waals surface area (Å²) in [6.07, 6.45) is 5.03. The minimum atomic E-state index is -0.215. The topological polar surface area (TPSA) is 56.6 Å². The fourth-order valence-corrected chi connectivity index (χ4v) is 4.34. The van der Waals surface area contributed by atoms with E-state index in [2.05, 4.69) is 17.1 Å². The third-order valence-electron chi connectivity index (χ3n) is 5.96. The molecule has 1 aromatic heterocycles. The van der Waals surface area contributed by atoms with Crippen LogP contribution < -0.4 is 9.47 Å². The van der Waals surface area contributed by atoms with E-state index < -0.39 is 0 Å². The molecule has 6 nitrogen and oxygen atoms in total. The van der Waals surface area contributed by atoms with Crippen molar-refractivity contribution < 1.29 is 14.3 Å². The van der Waals surface area contributed by atoms with Gasteiger partial charge in [0, 0.05) is 25.4 Å². The number of nitrogens with zero attached hydrogens (tertiary/aromatic N) is 3. The predicted molar refractivity (Wildman–Crippen MR) is 112 cm³/mol. The highest BCUT2D eigenvalue weighted by Crippen LogP contribution is 2.32. The molecule has 1 amide bonds. The van der Waals surface area contributed by atoms with Gasteiger partial charge in [-0.25, -0.2) is 4.98 Å². The first kappa shape index (κ1) is 18.7. The lowest BCUT2D eigenvalue weighted by atomic mass is 10.0. The van der Waals surface area contributed by atoms with Crippen LogP contribution in [0.25, 0.3) is 0 Å². The molecule has 2 aromatic carbocycles. The second-order valence-corrected chi connectivity index (χ2v) is 8.04. The number of fused-ring (bicyclic) bond motifs is 2. The number of amides is 1. The highest BCUT2D eigenvalue weighted by atomic mass is 16.6. The fourth-order valence-electron chi connectivity index (χ4n) is 4.34. The van der Waals surface area contributed by atoms with Crippen molar-refractivity contribution in [3.8, 4) is 11.5 Å². The number of rotatable bonds is 5. The van der Waals surface area contributed by atoms with Gasteiger partial charge >= 0.3 is 0 Å². The Kier molecular flexibility index (Phi) is 4.91. The van der Waals surface area contributed by atoms with Crippen LogP contribution in [0.4, 0.5) is 0 Å². The van der Waals surface area contributed by atoms with Gasteiger partial charge in [0.25, 0.3) is 0 Å². The largest absolute Gasteiger partial charge is 0.486 e. The van der Waals surface area contributed by atoms with Gasteiger partial charge in [-0.3, -0.25) is 4.79 Å². The molecule has 0 saturated carbocycles. The monoisotopic (exact) mass is 403 g/mol. The first-order valence-corrected chi connectivity index (χ1v) is 10.4. The van der Waals surface area contributed by atoms with Gasteiger partial charge in [-0.2, -0.15) is 0 Å². The molecule has 0 bridgehead atoms. The third-order valence-corrected chi connectivity index (χ3v) is 5.96. The standard InChI is InChI=1S/C24H25N3O3/c1-26-11-10-25-23(26)15-27(14-20-16-29-21-8-4-5-9-22(21)30-20)24(28)19-12-17-6-2-3-7-18(17)13-19/h2-11,19-20H,12-16H2,1H3. The Hall–Kier alpha value is -3.28. The Labute approximate surface area is 176 Å². The quantitative estimate of drug-likeness (QED) is 0.657. The average Bonchev–Trinajstić information content (AvgIpc) is 3.38. The van der Waals surface area contributed by atoms with E-state index in [1.54, 1.807) is 6.20 Å². The molecule has 1 atom stereocenters. The minimum absolute atomic E-state index is 0.0422. The van der Waals surface area contributed by atoms with E-state index in [0.717, 1.165) is 30.2 Å². The number of aryl methyl sites for hydroxylation is 1. The molecule has 6 heteroatoms. The molecule has 0 spiro atoms. The van der Waals surface area contributed by atoms with Crippen LogP contribution in [-0.4, -0.2) is 39.6 Å². The molecule has 5 rings (SSSR count). The molecule has 0 N–H and O–H groups in total. The molecule has 30 heavy (non-hydrogen) atoms. The van der Waals surface area contributed by atoms with Crippen LogP contribution in [0.2, 0.25) is 0 Å². The van der Waals surface area contributed by atoms with Gasteiger partial charge < -0.3 is 18.9 Å². The Morgan fingerprint density at radius 1 is 1.10 bits per heavy atom. The molecule has 1 aliphatic heterocycles. The van der Waals surface area contributed by atoms with Crippen LogP contribution in [0.1, 0.15) is 17.0 Å². The zero-order valence-electron chi connectivity index (χ0n) is 17.0. The Morgan fingerprint density at radius 2 is 1.80 bits per heavy atom. The number of hydrogen-bond donors (Lipinski definition) is 0. The zero-order valence-corrected chi connectivity index (χ0v) is 17.0. The Bertz CT molecular complexity index is 1040. The number of imidazole rings is 1. The van der Waals surface area contributed by atoms with Crippen LogP contribution in [0.3, 0.4) is 0 Å². The zero-order chi connectivity index (χ0) is 20.5. The summed E-state index contributed by atoms with van der Waals surface area (Å²) in [5.41, 5.74) is 2.55. The number of carbonyl (C=O) groups is 1. The lowest BCUT2D eigenvalue weighted by molar-refractivity contribution is -0.137. The maximum atomic E-state index is 13.6. The summed E-state index contributed by atoms with van der Waals surface area (Å²) in [6, 6.07) is 16.0. The van der Waals surface area contributed by atoms with E-state index >= 15 is 0 Å². The Balaban J connectivity index is 1.34. The van der Waals surface area contributed by atoms with E-state index in [-0.39, 0.29) is 17.9 Å². The molecule has 1 unspecified atom stereocenters. The van der Waals surface area contributed by atoms with Crippen LogP contribution in [0.5, 0.6) is 11.5 Å². The molecule has 0 saturated heterocycles. The summed E-state index contributed by atoms with van der Waals surface area (Å²) in [7, 11) is 1.95. The van der Waals surface area contributed by atoms with Gasteiger partial charge in [-0.05, 0) is 36.1 Å². The second kappa shape index (κ2) is 7.86. The summed E-state index contributed by atoms with van der Waals surface area (Å²) < 4.78 is 14.0. The molecule has 3 aromatic rings. The summed E-state index contributed by atoms with van der Waals surface area (Å²) >= 11 is 0. The summed E-state index contributed by atoms with van der Waals surface area (Å²) in [6.45, 7) is 1.34. The number of carbonyl (C=O) groups excluding carboxylic acids is 1. The van der Waals surface area contributed by atoms with Crippen LogP contribution in [-0.2, 0) is 31.2 Å². The number of benzene rings is 2. The average molecular weight is 403 g/mol. The maximum absolute atomic E-state index is 13.6. The Morgan fingerprint density at radius 3 is 2.50 bits per heavy atom. The molecule has 2 heterocycles. The van der Waals surface area contributed by atoms with Gasteiger partial charge in [0.2, 0.25) is 5.91 Å². The highest BCUT2D eigenvalue weighted by molar-refractivity contribution is 5.80. The molecular formula is C24H25N3O3. The van der Waals surface area contributed by atoms with Gasteiger partial charge in [-0.15, -0.1) is 0 Å². The number of para-hydroxylation sites is 2. The summed E-state index contributed by atoms with van der Waals surface area (Å²) in [5, 5.41) is 0. The molecule has 0 radical (unpaired) electrons. The normalized spacial score (nSPS) is 17.6. The molecular weight excluding hydrogens is 378 g/mol. The van der Waals surface area contributed by atoms with E-state index in [0.29, 0.717) is 19.7 Å². The van der Waals surface area contributed by atoms with Gasteiger partial charge in [0.15, 0.2) is 17.6 Å². The van der Waals surface area contributed by atoms with Crippen molar-refractivity contribution in [1.82, 2.24) is 14.5 Å². The first-order chi connectivity index (χ1) is 14.7. The van der Waals surface area contributed by atoms with Gasteiger partial charge in [-0.1, -0.05) is 36.4 Å². The first-order valence-electron chi connectivity index (χ1n) is 10.4. The number of hydrogen-bond acceptors (Lipinski definition) is 4. The van der Waals surface area contributed by atoms with Gasteiger partial charge in [0.1, 0.15) is 12.4 Å². The van der Waals surface area contributed by atoms with Crippen molar-refractivity contribution in [1.29, 1.82) is 0 Å². The molecule has 0 fully saturated rings. The highest BCUT2D eigenvalue weighted by Gasteiger charge is 2.33. The second-order valence-electron chi connectivity index (χ2n) is 8.04. The third kappa shape index (κ3) is 3.65. The maximum Gasteiger partial charge on any atom is 0.226 e. The van der Waals surface area contributed by atoms with Crippen molar-refractivity contribution in [3.63, 3.8) is 0 Å². The van der Waals surface area contributed by atoms with E-state index in [9.17, 15) is 4.79 Å². The van der Waals surface area contributed by atoms with Crippen molar-refractivity contribution >= 4 is 5.91 Å². The lowest BCUT2D eigenvalue weighted by Crippen LogP contribution is -2.45. The van der Waals surface area contributed by atoms with Crippen molar-refractivity contribution in [2.75, 3.05) is 13.2 Å². The lowest BCUT2D eigenvalue weighted by Gasteiger charge is -2.32. The van der Waals surface area contributed by atoms with E-state index in [1.165, 1.54) is 11.1 Å². The van der Waals surface area contributed by atoms with Crippen molar-refractivity contribution in [3.05, 3.63) is 77.9 Å². The molecule has 154 valence electrons. The summed E-state index contributed by atoms with van der Waals surface area (Å²) in [5.74, 6) is 2.44. The molecule has 1 aliphatic carbocycles. The van der Waals surface area contributed by atoms with E-state index in [4.69, 9.17) is 9.47 Å². The number of aromatic nitrogens is 2. The van der Waals surface area contributed by atoms with Crippen molar-refractivity contribution in [2.45, 2.75) is 25.5 Å². The van der Waals surface area contributed by atoms with Crippen molar-refractivity contribution in [2.24, 2.45) is 13.0 Å². The van der Waals surface area contributed by atoms with Gasteiger partial charge in [0.05, 0.1) is 13.1 Å². The fraction of sp³-hybridized carbons (Fsp3) is 0.333.